The summed E-state index contributed by atoms with van der Waals surface area (Å²) in [6, 6.07) is -0.973. The third-order valence-corrected chi connectivity index (χ3v) is 10.3. The zero-order chi connectivity index (χ0) is 30.1. The van der Waals surface area contributed by atoms with Crippen molar-refractivity contribution < 1.29 is 55.7 Å². The van der Waals surface area contributed by atoms with Gasteiger partial charge in [-0.25, -0.2) is 28.5 Å². The summed E-state index contributed by atoms with van der Waals surface area (Å²) in [5.74, 6) is -0.320. The van der Waals surface area contributed by atoms with Crippen LogP contribution in [0.2, 0.25) is 0 Å². The molecule has 1 amide bonds. The first-order valence-electron chi connectivity index (χ1n) is 12.7. The summed E-state index contributed by atoms with van der Waals surface area (Å²) in [5.41, 5.74) is 6.61. The second-order valence-corrected chi connectivity index (χ2v) is 13.6. The van der Waals surface area contributed by atoms with Crippen LogP contribution in [0.4, 0.5) is 10.2 Å². The Morgan fingerprint density at radius 1 is 1.05 bits per heavy atom. The Kier molecular flexibility index (Phi) is 7.34. The van der Waals surface area contributed by atoms with Crippen LogP contribution in [0.1, 0.15) is 17.4 Å². The van der Waals surface area contributed by atoms with Gasteiger partial charge < -0.3 is 35.2 Å². The number of nitrogens with two attached hydrogens (primary N) is 1. The number of hydrogen-bond donors (Lipinski definition) is 4. The van der Waals surface area contributed by atoms with Crippen molar-refractivity contribution in [3.8, 4) is 0 Å². The third kappa shape index (κ3) is 5.38. The number of phosphoric ester groups is 2. The van der Waals surface area contributed by atoms with Crippen molar-refractivity contribution in [3.63, 3.8) is 0 Å². The predicted octanol–water partition coefficient (Wildman–Crippen LogP) is -0.224. The number of aliphatic imine (C=N–C) groups is 2. The fraction of sp³-hybridized carbons (Fsp3) is 0.600. The number of anilines is 1. The Labute approximate surface area is 244 Å². The average molecular weight is 664 g/mol. The number of amides is 1. The molecule has 232 valence electrons. The quantitative estimate of drug-likeness (QED) is 0.303. The van der Waals surface area contributed by atoms with Gasteiger partial charge in [0.1, 0.15) is 41.8 Å². The maximum Gasteiger partial charge on any atom is 0.472 e. The predicted molar refractivity (Wildman–Crippen MR) is 141 cm³/mol. The van der Waals surface area contributed by atoms with E-state index in [1.165, 1.54) is 17.6 Å². The third-order valence-electron chi connectivity index (χ3n) is 7.35. The largest absolute Gasteiger partial charge is 0.472 e. The van der Waals surface area contributed by atoms with Crippen molar-refractivity contribution >= 4 is 62.6 Å². The van der Waals surface area contributed by atoms with Gasteiger partial charge in [0.2, 0.25) is 0 Å². The van der Waals surface area contributed by atoms with Crippen LogP contribution in [0.3, 0.4) is 0 Å². The fourth-order valence-electron chi connectivity index (χ4n) is 5.37. The number of hydrogen-bond acceptors (Lipinski definition) is 17. The summed E-state index contributed by atoms with van der Waals surface area (Å²) in [6.07, 6.45) is -7.46. The molecule has 11 atom stereocenters. The highest BCUT2D eigenvalue weighted by atomic mass is 32.1. The minimum atomic E-state index is -4.98. The molecular weight excluding hydrogens is 641 g/mol. The number of phosphoric acid groups is 2. The first kappa shape index (κ1) is 29.2. The second kappa shape index (κ2) is 10.8. The van der Waals surface area contributed by atoms with Crippen LogP contribution in [0.15, 0.2) is 16.3 Å². The minimum absolute atomic E-state index is 0.0121. The molecule has 4 unspecified atom stereocenters. The van der Waals surface area contributed by atoms with Crippen LogP contribution in [0.25, 0.3) is 11.0 Å². The molecule has 0 aliphatic carbocycles. The summed E-state index contributed by atoms with van der Waals surface area (Å²) in [6.45, 7) is -1.43. The van der Waals surface area contributed by atoms with Gasteiger partial charge in [-0.05, 0) is 11.5 Å². The van der Waals surface area contributed by atoms with Crippen LogP contribution in [0, 0.1) is 0 Å². The minimum Gasteiger partial charge on any atom is -0.382 e. The topological polar surface area (TPSA) is 252 Å². The number of alkyl halides is 1. The lowest BCUT2D eigenvalue weighted by molar-refractivity contribution is -0.123. The molecule has 0 spiro atoms. The van der Waals surface area contributed by atoms with Crippen molar-refractivity contribution in [2.75, 3.05) is 18.9 Å². The van der Waals surface area contributed by atoms with Crippen LogP contribution >= 0.6 is 27.2 Å². The number of fused-ring (bicyclic) bond motifs is 4. The lowest BCUT2D eigenvalue weighted by Crippen LogP contribution is -2.52. The Balaban J connectivity index is 1.11. The van der Waals surface area contributed by atoms with E-state index in [1.54, 1.807) is 0 Å². The van der Waals surface area contributed by atoms with E-state index in [0.717, 1.165) is 17.9 Å². The molecule has 5 N–H and O–H groups in total. The number of ether oxygens (including phenoxy) is 2. The second-order valence-electron chi connectivity index (χ2n) is 10.0. The summed E-state index contributed by atoms with van der Waals surface area (Å²) >= 11 is 1.03. The number of carbonyl (C=O) groups excluding carboxylic acids is 1. The highest BCUT2D eigenvalue weighted by molar-refractivity contribution is 7.47. The first-order valence-corrected chi connectivity index (χ1v) is 16.5. The van der Waals surface area contributed by atoms with Crippen molar-refractivity contribution in [3.05, 3.63) is 11.2 Å². The van der Waals surface area contributed by atoms with Crippen LogP contribution in [0.5, 0.6) is 0 Å². The molecule has 2 aromatic heterocycles. The van der Waals surface area contributed by atoms with Crippen molar-refractivity contribution in [1.29, 1.82) is 0 Å². The van der Waals surface area contributed by atoms with Gasteiger partial charge in [0.25, 0.3) is 5.91 Å². The molecule has 0 bridgehead atoms. The van der Waals surface area contributed by atoms with Gasteiger partial charge in [0.15, 0.2) is 30.4 Å². The molecule has 0 radical (unpaired) electrons. The maximum atomic E-state index is 15.8. The lowest BCUT2D eigenvalue weighted by atomic mass is 10.1. The number of nitrogens with zero attached hydrogens (tertiary/aromatic N) is 6. The average Bonchev–Trinajstić information content (AvgIpc) is 3.72. The number of nitrogens with one attached hydrogen (secondary N) is 1. The Morgan fingerprint density at radius 3 is 2.63 bits per heavy atom. The number of halogens is 1. The van der Waals surface area contributed by atoms with E-state index in [9.17, 15) is 23.7 Å². The smallest absolute Gasteiger partial charge is 0.382 e. The Hall–Kier alpha value is -2.55. The first-order chi connectivity index (χ1) is 20.5. The van der Waals surface area contributed by atoms with Gasteiger partial charge in [-0.1, -0.05) is 0 Å². The fourth-order valence-corrected chi connectivity index (χ4v) is 8.16. The van der Waals surface area contributed by atoms with E-state index >= 15 is 4.39 Å². The SMILES string of the molecule is Nc1ncnc2c([C@H]3C[C@@H]4OP(=O)(O)OC[C@H]5O[C@@H](N6C=NC7C(=O)NC=NC76)[C@H](F)[C@@H]5OP(=O)(O)OC[C@H]4O3)snc12. The van der Waals surface area contributed by atoms with E-state index < -0.39 is 89.9 Å². The number of rotatable bonds is 2. The van der Waals surface area contributed by atoms with E-state index in [0.29, 0.717) is 15.9 Å². The zero-order valence-corrected chi connectivity index (χ0v) is 24.2. The molecule has 3 saturated heterocycles. The molecule has 43 heavy (non-hydrogen) atoms. The highest BCUT2D eigenvalue weighted by Gasteiger charge is 2.56. The summed E-state index contributed by atoms with van der Waals surface area (Å²) in [5, 5.41) is 2.39. The van der Waals surface area contributed by atoms with E-state index in [1.807, 2.05) is 0 Å². The van der Waals surface area contributed by atoms with Crippen LogP contribution < -0.4 is 11.1 Å². The van der Waals surface area contributed by atoms with E-state index in [-0.39, 0.29) is 12.2 Å². The monoisotopic (exact) mass is 664 g/mol. The molecule has 0 aromatic carbocycles. The van der Waals surface area contributed by atoms with Gasteiger partial charge in [-0.3, -0.25) is 27.9 Å². The van der Waals surface area contributed by atoms with Crippen LogP contribution in [-0.2, 0) is 41.5 Å². The molecule has 7 heterocycles. The molecule has 5 aliphatic heterocycles. The van der Waals surface area contributed by atoms with E-state index in [2.05, 4.69) is 29.6 Å². The lowest BCUT2D eigenvalue weighted by Gasteiger charge is -2.31. The molecule has 19 nitrogen and oxygen atoms in total. The maximum absolute atomic E-state index is 15.8. The molecule has 0 saturated carbocycles. The molecule has 7 rings (SSSR count). The number of carbonyl (C=O) groups is 1. The molecule has 5 aliphatic rings. The van der Waals surface area contributed by atoms with Crippen LogP contribution in [-0.4, -0.2) is 110 Å². The highest BCUT2D eigenvalue weighted by Crippen LogP contribution is 2.54. The number of nitrogen functional groups attached to an aromatic ring is 1. The summed E-state index contributed by atoms with van der Waals surface area (Å²) in [4.78, 5) is 51.1. The standard InChI is InChI=1S/C20H23FN8O11P2S/c21-11-15-10(38-20(11)29-6-27-14-18(29)25-5-26-19(14)30)3-36-41(31,32)39-7-1-8(37-9(7)2-35-42(33,34)40-15)16-12-13(28-43-16)17(22)24-4-23-12/h4-11,14-15,18,20H,1-3H2,(H,31,32)(H,33,34)(H2,22,23,24)(H,25,26,30)/t7-,8+,9+,10+,11+,14?,15+,18?,20+/m0/s1. The zero-order valence-electron chi connectivity index (χ0n) is 21.6. The molecule has 23 heteroatoms. The van der Waals surface area contributed by atoms with Gasteiger partial charge >= 0.3 is 15.6 Å². The summed E-state index contributed by atoms with van der Waals surface area (Å²) < 4.78 is 78.6. The van der Waals surface area contributed by atoms with Gasteiger partial charge in [-0.2, -0.15) is 4.37 Å². The molecule has 3 fully saturated rings. The number of aromatic nitrogens is 3. The van der Waals surface area contributed by atoms with Gasteiger partial charge in [-0.15, -0.1) is 0 Å². The van der Waals surface area contributed by atoms with Crippen molar-refractivity contribution in [1.82, 2.24) is 24.6 Å². The molecule has 2 aromatic rings. The summed E-state index contributed by atoms with van der Waals surface area (Å²) in [7, 11) is -9.83. The Morgan fingerprint density at radius 2 is 1.81 bits per heavy atom. The van der Waals surface area contributed by atoms with Gasteiger partial charge in [0, 0.05) is 6.42 Å². The van der Waals surface area contributed by atoms with Crippen molar-refractivity contribution in [2.45, 2.75) is 61.5 Å². The van der Waals surface area contributed by atoms with E-state index in [4.69, 9.17) is 33.3 Å². The normalized spacial score (nSPS) is 43.1. The van der Waals surface area contributed by atoms with Crippen molar-refractivity contribution in [2.24, 2.45) is 9.98 Å². The van der Waals surface area contributed by atoms with Gasteiger partial charge in [0.05, 0.1) is 36.9 Å². The Bertz CT molecular complexity index is 1600. The molecular formula is C20H23FN8O11P2S.